The van der Waals surface area contributed by atoms with E-state index in [2.05, 4.69) is 10.3 Å². The summed E-state index contributed by atoms with van der Waals surface area (Å²) in [6, 6.07) is 7.35. The highest BCUT2D eigenvalue weighted by Crippen LogP contribution is 2.30. The standard InChI is InChI=1S/C17H15ClN2O3S/c1-9-5-13(18)16(19-8-9)23-12-4-3-11(10(2)6-12)7-14-15(21)20-17(22)24-14/h3-6,8,14H,7H2,1-2H3,(H,20,21,22)/t14-/m0/s1. The van der Waals surface area contributed by atoms with Crippen LogP contribution in [0.2, 0.25) is 5.02 Å². The molecule has 0 bridgehead atoms. The lowest BCUT2D eigenvalue weighted by atomic mass is 10.0. The zero-order valence-corrected chi connectivity index (χ0v) is 14.7. The van der Waals surface area contributed by atoms with E-state index in [-0.39, 0.29) is 16.4 Å². The quantitative estimate of drug-likeness (QED) is 0.889. The van der Waals surface area contributed by atoms with Crippen molar-refractivity contribution in [2.24, 2.45) is 0 Å². The molecule has 1 aromatic heterocycles. The molecule has 1 N–H and O–H groups in total. The highest BCUT2D eigenvalue weighted by molar-refractivity contribution is 8.15. The van der Waals surface area contributed by atoms with Gasteiger partial charge in [0.25, 0.3) is 5.24 Å². The topological polar surface area (TPSA) is 68.3 Å². The van der Waals surface area contributed by atoms with Crippen LogP contribution < -0.4 is 10.1 Å². The van der Waals surface area contributed by atoms with E-state index in [1.54, 1.807) is 18.3 Å². The molecule has 24 heavy (non-hydrogen) atoms. The molecule has 1 saturated heterocycles. The number of carbonyl (C=O) groups excluding carboxylic acids is 2. The van der Waals surface area contributed by atoms with Gasteiger partial charge in [-0.15, -0.1) is 0 Å². The van der Waals surface area contributed by atoms with Gasteiger partial charge in [0.05, 0.1) is 5.25 Å². The smallest absolute Gasteiger partial charge is 0.286 e. The van der Waals surface area contributed by atoms with Crippen molar-refractivity contribution >= 4 is 34.5 Å². The van der Waals surface area contributed by atoms with E-state index in [9.17, 15) is 9.59 Å². The Bertz CT molecular complexity index is 825. The first-order valence-electron chi connectivity index (χ1n) is 7.33. The minimum atomic E-state index is -0.379. The van der Waals surface area contributed by atoms with Crippen molar-refractivity contribution in [1.29, 1.82) is 0 Å². The van der Waals surface area contributed by atoms with E-state index in [1.165, 1.54) is 0 Å². The third kappa shape index (κ3) is 3.71. The maximum absolute atomic E-state index is 11.7. The van der Waals surface area contributed by atoms with Gasteiger partial charge in [-0.05, 0) is 55.2 Å². The number of pyridine rings is 1. The van der Waals surface area contributed by atoms with Crippen LogP contribution >= 0.6 is 23.4 Å². The highest BCUT2D eigenvalue weighted by atomic mass is 35.5. The molecule has 124 valence electrons. The van der Waals surface area contributed by atoms with Gasteiger partial charge in [-0.3, -0.25) is 14.9 Å². The summed E-state index contributed by atoms with van der Waals surface area (Å²) in [7, 11) is 0. The van der Waals surface area contributed by atoms with Crippen LogP contribution in [0.5, 0.6) is 11.6 Å². The third-order valence-corrected chi connectivity index (χ3v) is 4.90. The predicted octanol–water partition coefficient (Wildman–Crippen LogP) is 4.04. The van der Waals surface area contributed by atoms with E-state index < -0.39 is 0 Å². The number of hydrogen-bond acceptors (Lipinski definition) is 5. The third-order valence-electron chi connectivity index (χ3n) is 3.65. The number of nitrogens with zero attached hydrogens (tertiary/aromatic N) is 1. The maximum atomic E-state index is 11.7. The Balaban J connectivity index is 1.75. The number of halogens is 1. The largest absolute Gasteiger partial charge is 0.438 e. The SMILES string of the molecule is Cc1cnc(Oc2ccc(C[C@@H]3SC(=O)NC3=O)c(C)c2)c(Cl)c1. The molecular formula is C17H15ClN2O3S. The van der Waals surface area contributed by atoms with Crippen LogP contribution in [0.15, 0.2) is 30.5 Å². The average molecular weight is 363 g/mol. The molecule has 0 spiro atoms. The molecule has 1 aliphatic heterocycles. The molecule has 0 radical (unpaired) electrons. The van der Waals surface area contributed by atoms with Crippen molar-refractivity contribution in [1.82, 2.24) is 10.3 Å². The van der Waals surface area contributed by atoms with Gasteiger partial charge in [0.1, 0.15) is 10.8 Å². The Kier molecular flexibility index (Phi) is 4.78. The average Bonchev–Trinajstić information content (AvgIpc) is 2.82. The predicted molar refractivity (Wildman–Crippen MR) is 93.9 cm³/mol. The number of amides is 2. The van der Waals surface area contributed by atoms with E-state index in [4.69, 9.17) is 16.3 Å². The molecule has 7 heteroatoms. The van der Waals surface area contributed by atoms with Crippen molar-refractivity contribution in [2.45, 2.75) is 25.5 Å². The summed E-state index contributed by atoms with van der Waals surface area (Å²) in [5, 5.41) is 2.08. The van der Waals surface area contributed by atoms with Crippen molar-refractivity contribution in [2.75, 3.05) is 0 Å². The lowest BCUT2D eigenvalue weighted by Crippen LogP contribution is -2.25. The second-order valence-corrected chi connectivity index (χ2v) is 7.16. The summed E-state index contributed by atoms with van der Waals surface area (Å²) in [6.45, 7) is 3.84. The molecule has 5 nitrogen and oxygen atoms in total. The Morgan fingerprint density at radius 2 is 2.08 bits per heavy atom. The number of carbonyl (C=O) groups is 2. The molecular weight excluding hydrogens is 348 g/mol. The molecule has 1 fully saturated rings. The molecule has 0 unspecified atom stereocenters. The van der Waals surface area contributed by atoms with E-state index in [1.807, 2.05) is 26.0 Å². The van der Waals surface area contributed by atoms with Gasteiger partial charge < -0.3 is 4.74 Å². The van der Waals surface area contributed by atoms with Gasteiger partial charge in [-0.2, -0.15) is 0 Å². The van der Waals surface area contributed by atoms with Crippen molar-refractivity contribution in [3.8, 4) is 11.6 Å². The first-order valence-corrected chi connectivity index (χ1v) is 8.59. The molecule has 1 atom stereocenters. The number of thioether (sulfide) groups is 1. The molecule has 0 aliphatic carbocycles. The van der Waals surface area contributed by atoms with Crippen LogP contribution in [0.25, 0.3) is 0 Å². The van der Waals surface area contributed by atoms with Crippen LogP contribution in [0.4, 0.5) is 4.79 Å². The zero-order chi connectivity index (χ0) is 17.3. The summed E-state index contributed by atoms with van der Waals surface area (Å²) in [4.78, 5) is 27.1. The Morgan fingerprint density at radius 1 is 1.29 bits per heavy atom. The van der Waals surface area contributed by atoms with Gasteiger partial charge >= 0.3 is 0 Å². The molecule has 2 aromatic rings. The number of hydrogen-bond donors (Lipinski definition) is 1. The molecule has 1 aliphatic rings. The first-order chi connectivity index (χ1) is 11.4. The fraction of sp³-hybridized carbons (Fsp3) is 0.235. The number of rotatable bonds is 4. The molecule has 1 aromatic carbocycles. The molecule has 0 saturated carbocycles. The normalized spacial score (nSPS) is 17.0. The Hall–Kier alpha value is -2.05. The summed E-state index contributed by atoms with van der Waals surface area (Å²) in [6.07, 6.45) is 2.19. The first kappa shape index (κ1) is 16.8. The summed E-state index contributed by atoms with van der Waals surface area (Å²) < 4.78 is 5.73. The maximum Gasteiger partial charge on any atom is 0.286 e. The molecule has 2 amide bonds. The number of aryl methyl sites for hydroxylation is 2. The number of imide groups is 1. The second kappa shape index (κ2) is 6.83. The summed E-state index contributed by atoms with van der Waals surface area (Å²) in [5.74, 6) is 0.736. The van der Waals surface area contributed by atoms with E-state index in [0.717, 1.165) is 28.5 Å². The lowest BCUT2D eigenvalue weighted by Gasteiger charge is -2.12. The van der Waals surface area contributed by atoms with Crippen LogP contribution in [0.3, 0.4) is 0 Å². The highest BCUT2D eigenvalue weighted by Gasteiger charge is 2.31. The van der Waals surface area contributed by atoms with Gasteiger partial charge in [0.2, 0.25) is 11.8 Å². The van der Waals surface area contributed by atoms with Crippen molar-refractivity contribution < 1.29 is 14.3 Å². The molecule has 3 rings (SSSR count). The molecule has 2 heterocycles. The van der Waals surface area contributed by atoms with Gasteiger partial charge in [0, 0.05) is 6.20 Å². The Morgan fingerprint density at radius 3 is 2.71 bits per heavy atom. The number of ether oxygens (including phenoxy) is 1. The fourth-order valence-corrected chi connectivity index (χ4v) is 3.50. The van der Waals surface area contributed by atoms with E-state index >= 15 is 0 Å². The van der Waals surface area contributed by atoms with E-state index in [0.29, 0.717) is 23.1 Å². The Labute approximate surface area is 148 Å². The lowest BCUT2D eigenvalue weighted by molar-refractivity contribution is -0.118. The van der Waals surface area contributed by atoms with Crippen LogP contribution in [-0.2, 0) is 11.2 Å². The van der Waals surface area contributed by atoms with Gasteiger partial charge in [-0.25, -0.2) is 4.98 Å². The van der Waals surface area contributed by atoms with Gasteiger partial charge in [-0.1, -0.05) is 29.4 Å². The van der Waals surface area contributed by atoms with Crippen molar-refractivity contribution in [3.63, 3.8) is 0 Å². The summed E-state index contributed by atoms with van der Waals surface area (Å²) >= 11 is 7.16. The fourth-order valence-electron chi connectivity index (χ4n) is 2.40. The van der Waals surface area contributed by atoms with Gasteiger partial charge in [0.15, 0.2) is 0 Å². The van der Waals surface area contributed by atoms with Crippen molar-refractivity contribution in [3.05, 3.63) is 52.2 Å². The van der Waals surface area contributed by atoms with Crippen LogP contribution in [0, 0.1) is 13.8 Å². The number of benzene rings is 1. The number of aromatic nitrogens is 1. The number of nitrogens with one attached hydrogen (secondary N) is 1. The summed E-state index contributed by atoms with van der Waals surface area (Å²) in [5.41, 5.74) is 2.93. The monoisotopic (exact) mass is 362 g/mol. The minimum Gasteiger partial charge on any atom is -0.438 e. The second-order valence-electron chi connectivity index (χ2n) is 5.58. The minimum absolute atomic E-state index is 0.236. The zero-order valence-electron chi connectivity index (χ0n) is 13.1. The van der Waals surface area contributed by atoms with Crippen LogP contribution in [0.1, 0.15) is 16.7 Å². The van der Waals surface area contributed by atoms with Crippen LogP contribution in [-0.4, -0.2) is 21.4 Å².